The van der Waals surface area contributed by atoms with Crippen molar-refractivity contribution in [3.8, 4) is 0 Å². The van der Waals surface area contributed by atoms with Crippen molar-refractivity contribution >= 4 is 13.4 Å². The molecule has 0 saturated heterocycles. The van der Waals surface area contributed by atoms with Gasteiger partial charge in [-0.25, -0.2) is 0 Å². The fourth-order valence-corrected chi connectivity index (χ4v) is 3.34. The van der Waals surface area contributed by atoms with E-state index in [2.05, 4.69) is 9.05 Å². The molecule has 0 aliphatic rings. The Hall–Kier alpha value is -1.18. The molecule has 0 bridgehead atoms. The maximum absolute atomic E-state index is 14.3. The van der Waals surface area contributed by atoms with E-state index in [1.54, 1.807) is 30.3 Å². The number of aliphatic hydroxyl groups excluding tert-OH is 1. The summed E-state index contributed by atoms with van der Waals surface area (Å²) in [7, 11) is -5.02. The van der Waals surface area contributed by atoms with Crippen LogP contribution >= 0.6 is 7.60 Å². The number of alkyl halides is 2. The molecule has 0 amide bonds. The third-order valence-corrected chi connectivity index (χ3v) is 5.10. The normalized spacial score (nSPS) is 13.7. The molecule has 6 nitrogen and oxygen atoms in total. The lowest BCUT2D eigenvalue weighted by molar-refractivity contribution is -0.151. The van der Waals surface area contributed by atoms with E-state index >= 15 is 0 Å². The Labute approximate surface area is 139 Å². The Bertz CT molecular complexity index is 556. The van der Waals surface area contributed by atoms with Crippen LogP contribution < -0.4 is 0 Å². The first kappa shape index (κ1) is 20.9. The predicted molar refractivity (Wildman–Crippen MR) is 82.9 cm³/mol. The number of carbonyl (C=O) groups excluding carboxylic acids is 1. The van der Waals surface area contributed by atoms with Gasteiger partial charge in [0.25, 0.3) is 0 Å². The minimum Gasteiger partial charge on any atom is -0.393 e. The largest absolute Gasteiger partial charge is 0.407 e. The number of hydrogen-bond acceptors (Lipinski definition) is 6. The highest BCUT2D eigenvalue weighted by atomic mass is 31.2. The molecule has 136 valence electrons. The van der Waals surface area contributed by atoms with Crippen LogP contribution in [0.5, 0.6) is 0 Å². The summed E-state index contributed by atoms with van der Waals surface area (Å²) >= 11 is 0. The van der Waals surface area contributed by atoms with Gasteiger partial charge in [0.1, 0.15) is 6.10 Å². The number of hydrogen-bond donors (Lipinski definition) is 1. The van der Waals surface area contributed by atoms with Gasteiger partial charge in [-0.3, -0.25) is 9.36 Å². The van der Waals surface area contributed by atoms with Crippen molar-refractivity contribution in [2.45, 2.75) is 32.2 Å². The zero-order valence-corrected chi connectivity index (χ0v) is 14.4. The van der Waals surface area contributed by atoms with Crippen molar-refractivity contribution in [3.63, 3.8) is 0 Å². The second-order valence-electron chi connectivity index (χ2n) is 4.71. The molecule has 24 heavy (non-hydrogen) atoms. The van der Waals surface area contributed by atoms with Crippen LogP contribution in [0.15, 0.2) is 30.3 Å². The number of carbonyl (C=O) groups is 1. The minimum absolute atomic E-state index is 0.165. The maximum atomic E-state index is 14.3. The number of benzene rings is 1. The molecule has 0 aliphatic heterocycles. The average Bonchev–Trinajstić information content (AvgIpc) is 2.56. The van der Waals surface area contributed by atoms with E-state index in [-0.39, 0.29) is 19.8 Å². The first-order valence-corrected chi connectivity index (χ1v) is 8.94. The van der Waals surface area contributed by atoms with Crippen molar-refractivity contribution in [3.05, 3.63) is 35.9 Å². The highest BCUT2D eigenvalue weighted by Gasteiger charge is 2.61. The third kappa shape index (κ3) is 4.91. The van der Waals surface area contributed by atoms with Crippen LogP contribution in [0.25, 0.3) is 0 Å². The Balaban J connectivity index is 2.90. The van der Waals surface area contributed by atoms with E-state index in [1.807, 2.05) is 0 Å². The number of halogens is 2. The van der Waals surface area contributed by atoms with E-state index < -0.39 is 31.8 Å². The molecule has 0 saturated carbocycles. The summed E-state index contributed by atoms with van der Waals surface area (Å²) in [6, 6.07) is 8.51. The maximum Gasteiger partial charge on any atom is 0.407 e. The zero-order valence-electron chi connectivity index (χ0n) is 13.5. The molecule has 0 fully saturated rings. The fraction of sp³-hybridized carbons (Fsp3) is 0.533. The van der Waals surface area contributed by atoms with Gasteiger partial charge in [-0.05, 0) is 19.4 Å². The highest BCUT2D eigenvalue weighted by molar-refractivity contribution is 7.56. The standard InChI is InChI=1S/C15H21F2O6P/c1-3-22-24(20,23-4-2)15(16,17)14(19)13(10-18)21-11-12-8-6-5-7-9-12/h5-9,13,18H,3-4,10-11H2,1-2H3. The second kappa shape index (κ2) is 9.34. The molecule has 1 N–H and O–H groups in total. The van der Waals surface area contributed by atoms with E-state index in [9.17, 15) is 23.2 Å². The first-order valence-electron chi connectivity index (χ1n) is 7.40. The number of rotatable bonds is 11. The van der Waals surface area contributed by atoms with Crippen molar-refractivity contribution in [2.24, 2.45) is 0 Å². The summed E-state index contributed by atoms with van der Waals surface area (Å²) in [6.07, 6.45) is -1.85. The lowest BCUT2D eigenvalue weighted by atomic mass is 10.2. The fourth-order valence-electron chi connectivity index (χ4n) is 1.85. The number of ether oxygens (including phenoxy) is 1. The molecular weight excluding hydrogens is 345 g/mol. The smallest absolute Gasteiger partial charge is 0.393 e. The monoisotopic (exact) mass is 366 g/mol. The van der Waals surface area contributed by atoms with Gasteiger partial charge in [0.15, 0.2) is 0 Å². The van der Waals surface area contributed by atoms with Gasteiger partial charge in [-0.15, -0.1) is 0 Å². The van der Waals surface area contributed by atoms with E-state index in [0.717, 1.165) is 0 Å². The summed E-state index contributed by atoms with van der Waals surface area (Å²) in [5.41, 5.74) is -3.80. The summed E-state index contributed by atoms with van der Waals surface area (Å²) < 4.78 is 55.1. The quantitative estimate of drug-likeness (QED) is 0.607. The Morgan fingerprint density at radius 3 is 2.21 bits per heavy atom. The summed E-state index contributed by atoms with van der Waals surface area (Å²) in [5, 5.41) is 9.21. The first-order chi connectivity index (χ1) is 11.3. The number of Topliss-reactive ketones (excluding diaryl/α,β-unsaturated/α-hetero) is 1. The summed E-state index contributed by atoms with van der Waals surface area (Å²) in [5.74, 6) is -1.84. The van der Waals surface area contributed by atoms with Gasteiger partial charge in [0, 0.05) is 0 Å². The van der Waals surface area contributed by atoms with Crippen LogP contribution in [0.2, 0.25) is 0 Å². The lowest BCUT2D eigenvalue weighted by Crippen LogP contribution is -2.42. The molecule has 1 rings (SSSR count). The predicted octanol–water partition coefficient (Wildman–Crippen LogP) is 2.99. The van der Waals surface area contributed by atoms with Crippen molar-refractivity contribution < 1.29 is 37.0 Å². The number of ketones is 1. The van der Waals surface area contributed by atoms with Gasteiger partial charge >= 0.3 is 13.3 Å². The second-order valence-corrected chi connectivity index (χ2v) is 6.78. The van der Waals surface area contributed by atoms with Crippen LogP contribution in [0, 0.1) is 0 Å². The third-order valence-electron chi connectivity index (χ3n) is 2.99. The summed E-state index contributed by atoms with van der Waals surface area (Å²) in [6.45, 7) is 0.897. The van der Waals surface area contributed by atoms with Gasteiger partial charge < -0.3 is 18.9 Å². The Morgan fingerprint density at radius 2 is 1.75 bits per heavy atom. The van der Waals surface area contributed by atoms with Crippen LogP contribution in [0.4, 0.5) is 8.78 Å². The Kier molecular flexibility index (Phi) is 8.12. The van der Waals surface area contributed by atoms with Crippen molar-refractivity contribution in [1.29, 1.82) is 0 Å². The summed E-state index contributed by atoms with van der Waals surface area (Å²) in [4.78, 5) is 12.0. The molecule has 0 radical (unpaired) electrons. The van der Waals surface area contributed by atoms with Gasteiger partial charge in [-0.2, -0.15) is 8.78 Å². The lowest BCUT2D eigenvalue weighted by Gasteiger charge is -2.27. The van der Waals surface area contributed by atoms with Crippen LogP contribution in [0.1, 0.15) is 19.4 Å². The van der Waals surface area contributed by atoms with E-state index in [4.69, 9.17) is 4.74 Å². The Morgan fingerprint density at radius 1 is 1.21 bits per heavy atom. The molecule has 9 heteroatoms. The number of aliphatic hydroxyl groups is 1. The minimum atomic E-state index is -5.02. The molecule has 0 aromatic heterocycles. The van der Waals surface area contributed by atoms with Crippen LogP contribution in [0.3, 0.4) is 0 Å². The van der Waals surface area contributed by atoms with Gasteiger partial charge in [-0.1, -0.05) is 30.3 Å². The molecule has 1 atom stereocenters. The molecule has 0 spiro atoms. The van der Waals surface area contributed by atoms with Gasteiger partial charge in [0.2, 0.25) is 5.78 Å². The van der Waals surface area contributed by atoms with Crippen molar-refractivity contribution in [2.75, 3.05) is 19.8 Å². The zero-order chi connectivity index (χ0) is 18.2. The molecular formula is C15H21F2O6P. The van der Waals surface area contributed by atoms with Crippen LogP contribution in [-0.4, -0.2) is 42.5 Å². The van der Waals surface area contributed by atoms with E-state index in [0.29, 0.717) is 5.56 Å². The van der Waals surface area contributed by atoms with Crippen molar-refractivity contribution in [1.82, 2.24) is 0 Å². The SMILES string of the molecule is CCOP(=O)(OCC)C(F)(F)C(=O)C(CO)OCc1ccccc1. The van der Waals surface area contributed by atoms with Gasteiger partial charge in [0.05, 0.1) is 26.4 Å². The average molecular weight is 366 g/mol. The van der Waals surface area contributed by atoms with Crippen LogP contribution in [-0.2, 0) is 29.8 Å². The molecule has 1 aromatic rings. The molecule has 0 aliphatic carbocycles. The molecule has 1 unspecified atom stereocenters. The van der Waals surface area contributed by atoms with E-state index in [1.165, 1.54) is 13.8 Å². The topological polar surface area (TPSA) is 82.1 Å². The molecule has 1 aromatic carbocycles. The highest BCUT2D eigenvalue weighted by Crippen LogP contribution is 2.62. The molecule has 0 heterocycles.